The van der Waals surface area contributed by atoms with E-state index >= 15 is 0 Å². The highest BCUT2D eigenvalue weighted by atomic mass is 19.1. The molecule has 2 rings (SSSR count). The summed E-state index contributed by atoms with van der Waals surface area (Å²) in [6, 6.07) is 3.01. The molecule has 1 aliphatic rings. The highest BCUT2D eigenvalue weighted by Crippen LogP contribution is 2.11. The van der Waals surface area contributed by atoms with Gasteiger partial charge in [0.1, 0.15) is 11.6 Å². The minimum Gasteiger partial charge on any atom is -0.381 e. The number of carbonyl (C=O) groups is 1. The number of benzene rings is 1. The van der Waals surface area contributed by atoms with E-state index in [9.17, 15) is 13.6 Å². The van der Waals surface area contributed by atoms with E-state index in [0.717, 1.165) is 31.2 Å². The Hall–Kier alpha value is -1.69. The smallest absolute Gasteiger partial charge is 0.314 e. The van der Waals surface area contributed by atoms with E-state index in [2.05, 4.69) is 10.6 Å². The van der Waals surface area contributed by atoms with Gasteiger partial charge in [-0.05, 0) is 36.6 Å². The maximum absolute atomic E-state index is 13.3. The highest BCUT2D eigenvalue weighted by Gasteiger charge is 2.16. The molecule has 0 aliphatic carbocycles. The van der Waals surface area contributed by atoms with Crippen molar-refractivity contribution in [2.24, 2.45) is 5.92 Å². The van der Waals surface area contributed by atoms with Crippen molar-refractivity contribution >= 4 is 6.03 Å². The third-order valence-electron chi connectivity index (χ3n) is 3.26. The normalized spacial score (nSPS) is 18.0. The number of urea groups is 1. The summed E-state index contributed by atoms with van der Waals surface area (Å²) in [6.07, 6.45) is 1.21. The zero-order valence-electron chi connectivity index (χ0n) is 11.1. The first-order chi connectivity index (χ1) is 9.65. The minimum atomic E-state index is -0.480. The Bertz CT molecular complexity index is 462. The molecule has 0 saturated carbocycles. The Morgan fingerprint density at radius 1 is 1.35 bits per heavy atom. The van der Waals surface area contributed by atoms with Crippen molar-refractivity contribution in [3.8, 4) is 0 Å². The van der Waals surface area contributed by atoms with Crippen molar-refractivity contribution in [3.63, 3.8) is 0 Å². The topological polar surface area (TPSA) is 50.4 Å². The molecule has 1 aromatic carbocycles. The summed E-state index contributed by atoms with van der Waals surface area (Å²) < 4.78 is 31.5. The van der Waals surface area contributed by atoms with Crippen LogP contribution in [-0.2, 0) is 11.2 Å². The lowest BCUT2D eigenvalue weighted by Crippen LogP contribution is -2.39. The van der Waals surface area contributed by atoms with Gasteiger partial charge >= 0.3 is 6.03 Å². The largest absolute Gasteiger partial charge is 0.381 e. The second kappa shape index (κ2) is 7.19. The van der Waals surface area contributed by atoms with E-state index in [1.54, 1.807) is 0 Å². The first-order valence-electron chi connectivity index (χ1n) is 6.68. The summed E-state index contributed by atoms with van der Waals surface area (Å²) in [6.45, 7) is 2.25. The van der Waals surface area contributed by atoms with Gasteiger partial charge in [-0.25, -0.2) is 13.6 Å². The molecule has 0 unspecified atom stereocenters. The van der Waals surface area contributed by atoms with Gasteiger partial charge in [0.25, 0.3) is 0 Å². The predicted molar refractivity (Wildman–Crippen MR) is 70.4 cm³/mol. The van der Waals surface area contributed by atoms with Gasteiger partial charge in [-0.15, -0.1) is 0 Å². The molecule has 1 atom stereocenters. The first-order valence-corrected chi connectivity index (χ1v) is 6.68. The van der Waals surface area contributed by atoms with Crippen LogP contribution in [0.3, 0.4) is 0 Å². The second-order valence-electron chi connectivity index (χ2n) is 4.85. The molecule has 6 heteroatoms. The molecule has 0 spiro atoms. The fourth-order valence-electron chi connectivity index (χ4n) is 2.09. The maximum Gasteiger partial charge on any atom is 0.314 e. The molecule has 1 saturated heterocycles. The lowest BCUT2D eigenvalue weighted by molar-refractivity contribution is 0.185. The van der Waals surface area contributed by atoms with Crippen LogP contribution in [-0.4, -0.2) is 32.3 Å². The average Bonchev–Trinajstić information content (AvgIpc) is 2.93. The Balaban J connectivity index is 1.66. The molecule has 2 N–H and O–H groups in total. The summed E-state index contributed by atoms with van der Waals surface area (Å²) in [5.74, 6) is -0.579. The van der Waals surface area contributed by atoms with Gasteiger partial charge in [0.05, 0.1) is 6.61 Å². The molecule has 1 aliphatic heterocycles. The molecule has 110 valence electrons. The lowest BCUT2D eigenvalue weighted by atomic mass is 10.1. The zero-order chi connectivity index (χ0) is 14.4. The van der Waals surface area contributed by atoms with E-state index < -0.39 is 11.6 Å². The standard InChI is InChI=1S/C14H18F2N2O2/c15-12-1-2-13(16)11(7-12)3-5-17-14(19)18-8-10-4-6-20-9-10/h1-2,7,10H,3-6,8-9H2,(H2,17,18,19)/t10-/m1/s1. The molecule has 4 nitrogen and oxygen atoms in total. The molecule has 1 fully saturated rings. The van der Waals surface area contributed by atoms with Gasteiger partial charge in [-0.1, -0.05) is 0 Å². The average molecular weight is 284 g/mol. The van der Waals surface area contributed by atoms with Gasteiger partial charge in [0.2, 0.25) is 0 Å². The Kier molecular flexibility index (Phi) is 5.29. The van der Waals surface area contributed by atoms with E-state index in [4.69, 9.17) is 4.74 Å². The van der Waals surface area contributed by atoms with Crippen LogP contribution in [0.25, 0.3) is 0 Å². The second-order valence-corrected chi connectivity index (χ2v) is 4.85. The molecule has 1 aromatic rings. The van der Waals surface area contributed by atoms with Crippen LogP contribution in [0.2, 0.25) is 0 Å². The number of amides is 2. The van der Waals surface area contributed by atoms with Gasteiger partial charge in [0, 0.05) is 25.6 Å². The van der Waals surface area contributed by atoms with Crippen LogP contribution in [0.15, 0.2) is 18.2 Å². The fourth-order valence-corrected chi connectivity index (χ4v) is 2.09. The van der Waals surface area contributed by atoms with Crippen LogP contribution in [0.4, 0.5) is 13.6 Å². The predicted octanol–water partition coefficient (Wildman–Crippen LogP) is 1.84. The van der Waals surface area contributed by atoms with E-state index in [1.165, 1.54) is 0 Å². The number of hydrogen-bond donors (Lipinski definition) is 2. The molecule has 1 heterocycles. The third kappa shape index (κ3) is 4.45. The Morgan fingerprint density at radius 3 is 2.95 bits per heavy atom. The molecule has 0 radical (unpaired) electrons. The number of halogens is 2. The highest BCUT2D eigenvalue weighted by molar-refractivity contribution is 5.73. The van der Waals surface area contributed by atoms with Crippen molar-refractivity contribution in [1.82, 2.24) is 10.6 Å². The molecular formula is C14H18F2N2O2. The first kappa shape index (κ1) is 14.7. The number of rotatable bonds is 5. The summed E-state index contributed by atoms with van der Waals surface area (Å²) >= 11 is 0. The van der Waals surface area contributed by atoms with Gasteiger partial charge in [0.15, 0.2) is 0 Å². The fraction of sp³-hybridized carbons (Fsp3) is 0.500. The van der Waals surface area contributed by atoms with Crippen LogP contribution < -0.4 is 10.6 Å². The summed E-state index contributed by atoms with van der Waals surface area (Å²) in [5.41, 5.74) is 0.259. The zero-order valence-corrected chi connectivity index (χ0v) is 11.1. The van der Waals surface area contributed by atoms with Crippen molar-refractivity contribution < 1.29 is 18.3 Å². The molecular weight excluding hydrogens is 266 g/mol. The number of carbonyl (C=O) groups excluding carboxylic acids is 1. The van der Waals surface area contributed by atoms with Crippen molar-refractivity contribution in [2.45, 2.75) is 12.8 Å². The molecule has 0 bridgehead atoms. The van der Waals surface area contributed by atoms with Crippen molar-refractivity contribution in [2.75, 3.05) is 26.3 Å². The van der Waals surface area contributed by atoms with E-state index in [-0.39, 0.29) is 24.6 Å². The summed E-state index contributed by atoms with van der Waals surface area (Å²) in [5, 5.41) is 5.36. The summed E-state index contributed by atoms with van der Waals surface area (Å²) in [7, 11) is 0. The van der Waals surface area contributed by atoms with Gasteiger partial charge in [-0.3, -0.25) is 0 Å². The quantitative estimate of drug-likeness (QED) is 0.867. The molecule has 20 heavy (non-hydrogen) atoms. The third-order valence-corrected chi connectivity index (χ3v) is 3.26. The van der Waals surface area contributed by atoms with E-state index in [1.807, 2.05) is 0 Å². The SMILES string of the molecule is O=C(NCCc1cc(F)ccc1F)NC[C@H]1CCOC1. The number of nitrogens with one attached hydrogen (secondary N) is 2. The van der Waals surface area contributed by atoms with Crippen LogP contribution in [0.1, 0.15) is 12.0 Å². The molecule has 2 amide bonds. The monoisotopic (exact) mass is 284 g/mol. The van der Waals surface area contributed by atoms with Crippen LogP contribution >= 0.6 is 0 Å². The Morgan fingerprint density at radius 2 is 2.20 bits per heavy atom. The Labute approximate surface area is 116 Å². The van der Waals surface area contributed by atoms with Gasteiger partial charge in [-0.2, -0.15) is 0 Å². The van der Waals surface area contributed by atoms with Crippen LogP contribution in [0, 0.1) is 17.6 Å². The maximum atomic E-state index is 13.3. The number of hydrogen-bond acceptors (Lipinski definition) is 2. The lowest BCUT2D eigenvalue weighted by Gasteiger charge is -2.11. The van der Waals surface area contributed by atoms with Crippen molar-refractivity contribution in [1.29, 1.82) is 0 Å². The van der Waals surface area contributed by atoms with Crippen LogP contribution in [0.5, 0.6) is 0 Å². The minimum absolute atomic E-state index is 0.254. The molecule has 0 aromatic heterocycles. The summed E-state index contributed by atoms with van der Waals surface area (Å²) in [4.78, 5) is 11.5. The van der Waals surface area contributed by atoms with Gasteiger partial charge < -0.3 is 15.4 Å². The van der Waals surface area contributed by atoms with Crippen molar-refractivity contribution in [3.05, 3.63) is 35.4 Å². The number of ether oxygens (including phenoxy) is 1. The van der Waals surface area contributed by atoms with E-state index in [0.29, 0.717) is 19.1 Å².